The van der Waals surface area contributed by atoms with E-state index in [0.717, 1.165) is 25.7 Å². The van der Waals surface area contributed by atoms with Crippen LogP contribution in [0.2, 0.25) is 0 Å². The van der Waals surface area contributed by atoms with E-state index in [4.69, 9.17) is 9.47 Å². The molecule has 0 aromatic carbocycles. The molecule has 0 radical (unpaired) electrons. The van der Waals surface area contributed by atoms with Crippen molar-refractivity contribution in [3.05, 3.63) is 23.3 Å². The lowest BCUT2D eigenvalue weighted by atomic mass is 9.60. The zero-order chi connectivity index (χ0) is 21.3. The van der Waals surface area contributed by atoms with Gasteiger partial charge in [0.2, 0.25) is 0 Å². The van der Waals surface area contributed by atoms with E-state index in [0.29, 0.717) is 35.5 Å². The summed E-state index contributed by atoms with van der Waals surface area (Å²) in [5.41, 5.74) is 2.87. The molecule has 0 unspecified atom stereocenters. The predicted molar refractivity (Wildman–Crippen MR) is 119 cm³/mol. The zero-order valence-electron chi connectivity index (χ0n) is 19.5. The van der Waals surface area contributed by atoms with E-state index in [2.05, 4.69) is 46.8 Å². The van der Waals surface area contributed by atoms with Crippen molar-refractivity contribution in [3.8, 4) is 0 Å². The fourth-order valence-electron chi connectivity index (χ4n) is 8.19. The number of carbonyl (C=O) groups is 1. The van der Waals surface area contributed by atoms with Gasteiger partial charge in [-0.2, -0.15) is 0 Å². The number of hydrogen-bond donors (Lipinski definition) is 0. The first-order valence-corrected chi connectivity index (χ1v) is 12.4. The molecule has 0 spiro atoms. The van der Waals surface area contributed by atoms with Gasteiger partial charge < -0.3 is 14.3 Å². The molecule has 166 valence electrons. The maximum atomic E-state index is 12.4. The molecular weight excluding hydrogens is 372 g/mol. The van der Waals surface area contributed by atoms with Gasteiger partial charge in [0, 0.05) is 11.3 Å². The minimum absolute atomic E-state index is 0.0769. The smallest absolute Gasteiger partial charge is 0.163 e. The molecule has 5 rings (SSSR count). The fraction of sp³-hybridized carbons (Fsp3) is 0.815. The standard InChI is InChI=1S/C27H40O3/c1-16(2)8-6-9-17(3)19-11-12-20-23-21(30-26(4,5)29-20)14-18-10-7-13-27(15-28)24(18)25(27)22(19)23/h8,10,15,17,19-25H,6-7,9,11-14H2,1-5H3/t17-,19-,20-,21-,22-,23+,24-,25+,27+/m0/s1. The summed E-state index contributed by atoms with van der Waals surface area (Å²) in [6, 6.07) is 0. The summed E-state index contributed by atoms with van der Waals surface area (Å²) >= 11 is 0. The van der Waals surface area contributed by atoms with Crippen molar-refractivity contribution >= 4 is 6.29 Å². The van der Waals surface area contributed by atoms with Gasteiger partial charge in [0.1, 0.15) is 6.29 Å². The molecule has 30 heavy (non-hydrogen) atoms. The Morgan fingerprint density at radius 1 is 1.20 bits per heavy atom. The monoisotopic (exact) mass is 412 g/mol. The molecule has 0 aromatic heterocycles. The van der Waals surface area contributed by atoms with Crippen LogP contribution in [0, 0.1) is 40.9 Å². The highest BCUT2D eigenvalue weighted by molar-refractivity contribution is 5.69. The third-order valence-electron chi connectivity index (χ3n) is 9.26. The Balaban J connectivity index is 1.50. The van der Waals surface area contributed by atoms with Gasteiger partial charge in [0.15, 0.2) is 5.79 Å². The van der Waals surface area contributed by atoms with E-state index >= 15 is 0 Å². The van der Waals surface area contributed by atoms with Crippen LogP contribution in [-0.4, -0.2) is 24.3 Å². The Morgan fingerprint density at radius 2 is 1.97 bits per heavy atom. The number of aldehydes is 1. The number of carbonyl (C=O) groups excluding carboxylic acids is 1. The molecular formula is C27H40O3. The molecule has 0 bridgehead atoms. The van der Waals surface area contributed by atoms with E-state index in [1.54, 1.807) is 0 Å². The third-order valence-corrected chi connectivity index (χ3v) is 9.26. The molecule has 9 atom stereocenters. The second kappa shape index (κ2) is 7.30. The quantitative estimate of drug-likeness (QED) is 0.405. The molecule has 5 aliphatic rings. The third kappa shape index (κ3) is 3.18. The largest absolute Gasteiger partial charge is 0.347 e. The van der Waals surface area contributed by atoms with Crippen LogP contribution in [0.4, 0.5) is 0 Å². The van der Waals surface area contributed by atoms with Crippen molar-refractivity contribution < 1.29 is 14.3 Å². The van der Waals surface area contributed by atoms with Gasteiger partial charge >= 0.3 is 0 Å². The fourth-order valence-corrected chi connectivity index (χ4v) is 8.19. The molecule has 4 aliphatic carbocycles. The van der Waals surface area contributed by atoms with E-state index in [9.17, 15) is 4.79 Å². The van der Waals surface area contributed by atoms with Crippen LogP contribution in [-0.2, 0) is 14.3 Å². The van der Waals surface area contributed by atoms with Crippen molar-refractivity contribution in [2.75, 3.05) is 0 Å². The first-order chi connectivity index (χ1) is 14.3. The van der Waals surface area contributed by atoms with Crippen molar-refractivity contribution in [1.82, 2.24) is 0 Å². The lowest BCUT2D eigenvalue weighted by Crippen LogP contribution is -2.57. The van der Waals surface area contributed by atoms with E-state index in [1.807, 2.05) is 0 Å². The van der Waals surface area contributed by atoms with Gasteiger partial charge in [0.25, 0.3) is 0 Å². The summed E-state index contributed by atoms with van der Waals surface area (Å²) in [7, 11) is 0. The Morgan fingerprint density at radius 3 is 2.70 bits per heavy atom. The molecule has 3 nitrogen and oxygen atoms in total. The minimum Gasteiger partial charge on any atom is -0.347 e. The Hall–Kier alpha value is -0.930. The first-order valence-electron chi connectivity index (χ1n) is 12.4. The van der Waals surface area contributed by atoms with E-state index in [1.165, 1.54) is 36.7 Å². The molecule has 3 heteroatoms. The van der Waals surface area contributed by atoms with Gasteiger partial charge in [0.05, 0.1) is 12.2 Å². The van der Waals surface area contributed by atoms with Gasteiger partial charge in [-0.3, -0.25) is 0 Å². The number of allylic oxidation sites excluding steroid dienone is 3. The van der Waals surface area contributed by atoms with E-state index < -0.39 is 5.79 Å². The van der Waals surface area contributed by atoms with Gasteiger partial charge in [-0.05, 0) is 102 Å². The number of rotatable bonds is 5. The second-order valence-electron chi connectivity index (χ2n) is 11.7. The van der Waals surface area contributed by atoms with Crippen LogP contribution in [0.1, 0.15) is 79.6 Å². The summed E-state index contributed by atoms with van der Waals surface area (Å²) in [6.07, 6.45) is 14.7. The summed E-state index contributed by atoms with van der Waals surface area (Å²) < 4.78 is 13.1. The number of ether oxygens (including phenoxy) is 2. The van der Waals surface area contributed by atoms with Gasteiger partial charge in [-0.25, -0.2) is 0 Å². The molecule has 3 saturated carbocycles. The predicted octanol–water partition coefficient (Wildman–Crippen LogP) is 6.09. The molecule has 0 amide bonds. The first kappa shape index (κ1) is 20.9. The lowest BCUT2D eigenvalue weighted by Gasteiger charge is -2.54. The highest BCUT2D eigenvalue weighted by Crippen LogP contribution is 2.74. The van der Waals surface area contributed by atoms with Crippen LogP contribution in [0.3, 0.4) is 0 Å². The lowest BCUT2D eigenvalue weighted by molar-refractivity contribution is -0.338. The Bertz CT molecular complexity index is 760. The SMILES string of the molecule is CC(C)=CCC[C@H](C)[C@@H]1CC[C@@H]2OC(C)(C)O[C@H]3CC4=CCC[C@]5(C=O)[C@H]([C@@H]1[C@H]23)[C@H]45. The molecule has 4 fully saturated rings. The van der Waals surface area contributed by atoms with Crippen LogP contribution in [0.25, 0.3) is 0 Å². The summed E-state index contributed by atoms with van der Waals surface area (Å²) in [5.74, 6) is 2.87. The van der Waals surface area contributed by atoms with Crippen molar-refractivity contribution in [2.45, 2.75) is 97.6 Å². The second-order valence-corrected chi connectivity index (χ2v) is 11.7. The normalized spacial score (nSPS) is 46.4. The maximum absolute atomic E-state index is 12.4. The van der Waals surface area contributed by atoms with Crippen LogP contribution in [0.5, 0.6) is 0 Å². The topological polar surface area (TPSA) is 35.5 Å². The van der Waals surface area contributed by atoms with Gasteiger partial charge in [-0.15, -0.1) is 0 Å². The molecule has 1 saturated heterocycles. The highest BCUT2D eigenvalue weighted by atomic mass is 16.7. The highest BCUT2D eigenvalue weighted by Gasteiger charge is 2.73. The van der Waals surface area contributed by atoms with E-state index in [-0.39, 0.29) is 17.6 Å². The Labute approximate surface area is 182 Å². The van der Waals surface area contributed by atoms with Crippen LogP contribution < -0.4 is 0 Å². The molecule has 1 heterocycles. The average molecular weight is 413 g/mol. The van der Waals surface area contributed by atoms with Gasteiger partial charge in [-0.1, -0.05) is 30.2 Å². The number of hydrogen-bond acceptors (Lipinski definition) is 3. The van der Waals surface area contributed by atoms with Crippen LogP contribution >= 0.6 is 0 Å². The Kier molecular flexibility index (Phi) is 5.10. The zero-order valence-corrected chi connectivity index (χ0v) is 19.5. The van der Waals surface area contributed by atoms with Crippen molar-refractivity contribution in [3.63, 3.8) is 0 Å². The van der Waals surface area contributed by atoms with Crippen molar-refractivity contribution in [2.24, 2.45) is 40.9 Å². The molecule has 0 N–H and O–H groups in total. The van der Waals surface area contributed by atoms with Crippen molar-refractivity contribution in [1.29, 1.82) is 0 Å². The maximum Gasteiger partial charge on any atom is 0.163 e. The summed E-state index contributed by atoms with van der Waals surface area (Å²) in [6.45, 7) is 11.0. The average Bonchev–Trinajstić information content (AvgIpc) is 3.38. The number of fused-ring (bicyclic) bond motifs is 2. The minimum atomic E-state index is -0.496. The summed E-state index contributed by atoms with van der Waals surface area (Å²) in [5, 5.41) is 0. The van der Waals surface area contributed by atoms with Crippen LogP contribution in [0.15, 0.2) is 23.3 Å². The molecule has 1 aliphatic heterocycles. The molecule has 0 aromatic rings. The summed E-state index contributed by atoms with van der Waals surface area (Å²) in [4.78, 5) is 12.4.